The standard InChI is InChI=1S/C51H39N/c1-50(2)42-20-10-6-16-37(42)40-29-28-36(32-47(40)50)49-41-19-9-13-23-45(41)51(43-21-11-7-17-38(43)39-18-8-12-22-44(39)51)46(49)30-31-48(52)35-26-24-34(25-27-35)33-14-4-3-5-15-33/h3-32,48H,52H2,1-2H3/b31-30-. The normalized spacial score (nSPS) is 16.1. The summed E-state index contributed by atoms with van der Waals surface area (Å²) in [6, 6.07) is 62.1. The molecule has 0 heterocycles. The highest BCUT2D eigenvalue weighted by atomic mass is 14.6. The lowest BCUT2D eigenvalue weighted by Crippen LogP contribution is -2.27. The van der Waals surface area contributed by atoms with Crippen molar-refractivity contribution in [1.82, 2.24) is 0 Å². The maximum Gasteiger partial charge on any atom is 0.0725 e. The van der Waals surface area contributed by atoms with Crippen molar-refractivity contribution in [2.24, 2.45) is 5.73 Å². The van der Waals surface area contributed by atoms with Crippen LogP contribution >= 0.6 is 0 Å². The zero-order valence-electron chi connectivity index (χ0n) is 29.5. The van der Waals surface area contributed by atoms with E-state index in [4.69, 9.17) is 5.73 Å². The molecule has 0 aliphatic heterocycles. The number of fused-ring (bicyclic) bond motifs is 10. The van der Waals surface area contributed by atoms with Gasteiger partial charge in [-0.2, -0.15) is 0 Å². The number of hydrogen-bond acceptors (Lipinski definition) is 1. The van der Waals surface area contributed by atoms with Crippen LogP contribution in [0, 0.1) is 0 Å². The summed E-state index contributed by atoms with van der Waals surface area (Å²) in [5.74, 6) is 0. The molecule has 0 amide bonds. The summed E-state index contributed by atoms with van der Waals surface area (Å²) in [4.78, 5) is 0. The Morgan fingerprint density at radius 2 is 0.904 bits per heavy atom. The third-order valence-corrected chi connectivity index (χ3v) is 12.0. The summed E-state index contributed by atoms with van der Waals surface area (Å²) < 4.78 is 0. The highest BCUT2D eigenvalue weighted by molar-refractivity contribution is 6.00. The Morgan fingerprint density at radius 3 is 1.54 bits per heavy atom. The molecule has 0 saturated heterocycles. The lowest BCUT2D eigenvalue weighted by atomic mass is 9.69. The van der Waals surface area contributed by atoms with Crippen LogP contribution in [0.5, 0.6) is 0 Å². The number of allylic oxidation sites excluding steroid dienone is 2. The van der Waals surface area contributed by atoms with E-state index in [1.165, 1.54) is 83.5 Å². The number of hydrogen-bond donors (Lipinski definition) is 1. The van der Waals surface area contributed by atoms with Crippen molar-refractivity contribution in [3.63, 3.8) is 0 Å². The maximum absolute atomic E-state index is 7.08. The lowest BCUT2D eigenvalue weighted by molar-refractivity contribution is 0.660. The van der Waals surface area contributed by atoms with Gasteiger partial charge in [-0.1, -0.05) is 190 Å². The van der Waals surface area contributed by atoms with Gasteiger partial charge in [0, 0.05) is 11.5 Å². The molecular weight excluding hydrogens is 627 g/mol. The Bertz CT molecular complexity index is 2550. The second-order valence-electron chi connectivity index (χ2n) is 15.0. The topological polar surface area (TPSA) is 26.0 Å². The van der Waals surface area contributed by atoms with E-state index in [-0.39, 0.29) is 11.5 Å². The van der Waals surface area contributed by atoms with E-state index < -0.39 is 5.41 Å². The average molecular weight is 666 g/mol. The monoisotopic (exact) mass is 665 g/mol. The van der Waals surface area contributed by atoms with Crippen LogP contribution in [0.4, 0.5) is 0 Å². The maximum atomic E-state index is 7.08. The quantitative estimate of drug-likeness (QED) is 0.195. The second-order valence-corrected chi connectivity index (χ2v) is 15.0. The molecule has 0 fully saturated rings. The van der Waals surface area contributed by atoms with Gasteiger partial charge in [0.15, 0.2) is 0 Å². The minimum absolute atomic E-state index is 0.102. The lowest BCUT2D eigenvalue weighted by Gasteiger charge is -2.31. The van der Waals surface area contributed by atoms with E-state index in [0.717, 1.165) is 5.56 Å². The Hall–Kier alpha value is -6.02. The first-order chi connectivity index (χ1) is 25.5. The summed E-state index contributed by atoms with van der Waals surface area (Å²) in [7, 11) is 0. The highest BCUT2D eigenvalue weighted by Crippen LogP contribution is 2.63. The van der Waals surface area contributed by atoms with Crippen molar-refractivity contribution < 1.29 is 0 Å². The molecule has 1 spiro atoms. The van der Waals surface area contributed by atoms with Crippen LogP contribution < -0.4 is 5.73 Å². The molecule has 0 bridgehead atoms. The minimum Gasteiger partial charge on any atom is -0.321 e. The van der Waals surface area contributed by atoms with Crippen molar-refractivity contribution in [2.75, 3.05) is 0 Å². The first-order valence-corrected chi connectivity index (χ1v) is 18.4. The third-order valence-electron chi connectivity index (χ3n) is 12.0. The summed E-state index contributed by atoms with van der Waals surface area (Å²) in [6.45, 7) is 4.73. The Morgan fingerprint density at radius 1 is 0.442 bits per heavy atom. The first-order valence-electron chi connectivity index (χ1n) is 18.4. The summed E-state index contributed by atoms with van der Waals surface area (Å²) in [5.41, 5.74) is 27.1. The van der Waals surface area contributed by atoms with Gasteiger partial charge in [-0.05, 0) is 95.1 Å². The molecule has 7 aromatic rings. The molecule has 3 aliphatic carbocycles. The van der Waals surface area contributed by atoms with Crippen LogP contribution in [-0.2, 0) is 10.8 Å². The first kappa shape index (κ1) is 30.8. The van der Waals surface area contributed by atoms with Gasteiger partial charge in [0.05, 0.1) is 5.41 Å². The van der Waals surface area contributed by atoms with E-state index in [0.29, 0.717) is 0 Å². The number of benzene rings is 7. The zero-order valence-corrected chi connectivity index (χ0v) is 29.5. The van der Waals surface area contributed by atoms with Crippen molar-refractivity contribution >= 4 is 5.57 Å². The molecule has 0 radical (unpaired) electrons. The molecule has 1 atom stereocenters. The smallest absolute Gasteiger partial charge is 0.0725 e. The second kappa shape index (κ2) is 11.5. The van der Waals surface area contributed by atoms with Crippen molar-refractivity contribution in [3.05, 3.63) is 232 Å². The number of rotatable bonds is 5. The van der Waals surface area contributed by atoms with Crippen molar-refractivity contribution in [2.45, 2.75) is 30.7 Å². The fourth-order valence-electron chi connectivity index (χ4n) is 9.54. The minimum atomic E-state index is -0.482. The SMILES string of the molecule is CC1(C)c2ccccc2-c2ccc(C3=C(/C=C\C(N)c4ccc(-c5ccccc5)cc4)C4(c5ccccc53)c3ccccc3-c3ccccc34)cc21. The van der Waals surface area contributed by atoms with Crippen LogP contribution in [0.25, 0.3) is 39.0 Å². The number of nitrogens with two attached hydrogens (primary N) is 1. The van der Waals surface area contributed by atoms with E-state index in [9.17, 15) is 0 Å². The zero-order chi connectivity index (χ0) is 35.0. The molecule has 3 aliphatic rings. The predicted molar refractivity (Wildman–Crippen MR) is 216 cm³/mol. The molecule has 7 aromatic carbocycles. The fraction of sp³-hybridized carbons (Fsp3) is 0.0980. The highest BCUT2D eigenvalue weighted by Gasteiger charge is 2.52. The van der Waals surface area contributed by atoms with E-state index in [2.05, 4.69) is 196 Å². The summed E-state index contributed by atoms with van der Waals surface area (Å²) >= 11 is 0. The van der Waals surface area contributed by atoms with Gasteiger partial charge in [0.25, 0.3) is 0 Å². The average Bonchev–Trinajstić information content (AvgIpc) is 3.75. The van der Waals surface area contributed by atoms with Crippen molar-refractivity contribution in [3.8, 4) is 33.4 Å². The molecule has 10 rings (SSSR count). The van der Waals surface area contributed by atoms with Crippen LogP contribution in [0.15, 0.2) is 188 Å². The summed E-state index contributed by atoms with van der Waals surface area (Å²) in [5, 5.41) is 0. The molecule has 0 aromatic heterocycles. The molecule has 2 N–H and O–H groups in total. The van der Waals surface area contributed by atoms with Gasteiger partial charge in [-0.3, -0.25) is 0 Å². The molecule has 52 heavy (non-hydrogen) atoms. The van der Waals surface area contributed by atoms with E-state index in [1.807, 2.05) is 0 Å². The predicted octanol–water partition coefficient (Wildman–Crippen LogP) is 12.0. The Kier molecular flexibility index (Phi) is 6.81. The third kappa shape index (κ3) is 4.27. The Balaban J connectivity index is 1.20. The molecule has 0 saturated carbocycles. The van der Waals surface area contributed by atoms with Gasteiger partial charge < -0.3 is 5.73 Å². The Labute approximate surface area is 306 Å². The van der Waals surface area contributed by atoms with E-state index in [1.54, 1.807) is 0 Å². The van der Waals surface area contributed by atoms with Crippen LogP contribution in [0.1, 0.15) is 64.4 Å². The van der Waals surface area contributed by atoms with Gasteiger partial charge >= 0.3 is 0 Å². The molecule has 1 nitrogen and oxygen atoms in total. The van der Waals surface area contributed by atoms with Crippen LogP contribution in [-0.4, -0.2) is 0 Å². The van der Waals surface area contributed by atoms with Gasteiger partial charge in [-0.25, -0.2) is 0 Å². The van der Waals surface area contributed by atoms with Crippen LogP contribution in [0.2, 0.25) is 0 Å². The van der Waals surface area contributed by atoms with E-state index >= 15 is 0 Å². The molecule has 248 valence electrons. The summed E-state index contributed by atoms with van der Waals surface area (Å²) in [6.07, 6.45) is 4.58. The largest absolute Gasteiger partial charge is 0.321 e. The van der Waals surface area contributed by atoms with Gasteiger partial charge in [0.1, 0.15) is 0 Å². The molecular formula is C51H39N. The van der Waals surface area contributed by atoms with Gasteiger partial charge in [0.2, 0.25) is 0 Å². The fourth-order valence-corrected chi connectivity index (χ4v) is 9.54. The van der Waals surface area contributed by atoms with Crippen molar-refractivity contribution in [1.29, 1.82) is 0 Å². The molecule has 1 heteroatoms. The van der Waals surface area contributed by atoms with Crippen LogP contribution in [0.3, 0.4) is 0 Å². The molecule has 1 unspecified atom stereocenters. The van der Waals surface area contributed by atoms with Gasteiger partial charge in [-0.15, -0.1) is 0 Å².